The third kappa shape index (κ3) is 4.78. The maximum absolute atomic E-state index is 12.2. The standard InChI is InChI=1S/C8H14F3N3O3S/c9-8(10,11)7(15)14-3-1-2-6(5-14)4-13-18(12,16)17/h6,13H,1-5H2,(H2,12,16,17). The Kier molecular flexibility index (Phi) is 4.56. The van der Waals surface area contributed by atoms with Gasteiger partial charge in [0.2, 0.25) is 0 Å². The van der Waals surface area contributed by atoms with E-state index in [0.717, 1.165) is 0 Å². The van der Waals surface area contributed by atoms with Crippen LogP contribution in [-0.2, 0) is 15.0 Å². The molecule has 0 aromatic carbocycles. The van der Waals surface area contributed by atoms with Crippen molar-refractivity contribution >= 4 is 16.1 Å². The fraction of sp³-hybridized carbons (Fsp3) is 0.875. The predicted molar refractivity (Wildman–Crippen MR) is 56.5 cm³/mol. The number of hydrogen-bond acceptors (Lipinski definition) is 3. The van der Waals surface area contributed by atoms with Gasteiger partial charge in [0.1, 0.15) is 0 Å². The van der Waals surface area contributed by atoms with Crippen molar-refractivity contribution in [2.75, 3.05) is 19.6 Å². The minimum atomic E-state index is -4.89. The number of nitrogens with one attached hydrogen (secondary N) is 1. The van der Waals surface area contributed by atoms with Gasteiger partial charge in [-0.15, -0.1) is 0 Å². The Hall–Kier alpha value is -0.870. The van der Waals surface area contributed by atoms with Gasteiger partial charge in [0.15, 0.2) is 0 Å². The molecule has 0 spiro atoms. The van der Waals surface area contributed by atoms with Crippen LogP contribution >= 0.6 is 0 Å². The lowest BCUT2D eigenvalue weighted by Crippen LogP contribution is -2.48. The smallest absolute Gasteiger partial charge is 0.335 e. The highest BCUT2D eigenvalue weighted by Gasteiger charge is 2.43. The number of nitrogens with zero attached hydrogens (tertiary/aromatic N) is 1. The number of nitrogens with two attached hydrogens (primary N) is 1. The fourth-order valence-corrected chi connectivity index (χ4v) is 2.30. The van der Waals surface area contributed by atoms with Crippen LogP contribution in [0.5, 0.6) is 0 Å². The Bertz CT molecular complexity index is 410. The summed E-state index contributed by atoms with van der Waals surface area (Å²) in [6, 6.07) is 0. The number of likely N-dealkylation sites (tertiary alicyclic amines) is 1. The van der Waals surface area contributed by atoms with Crippen molar-refractivity contribution < 1.29 is 26.4 Å². The normalized spacial score (nSPS) is 22.0. The molecule has 0 radical (unpaired) electrons. The molecule has 10 heteroatoms. The van der Waals surface area contributed by atoms with Gasteiger partial charge in [0.25, 0.3) is 10.2 Å². The number of amides is 1. The van der Waals surface area contributed by atoms with Crippen molar-refractivity contribution in [3.63, 3.8) is 0 Å². The lowest BCUT2D eigenvalue weighted by atomic mass is 9.98. The molecule has 0 aliphatic carbocycles. The highest BCUT2D eigenvalue weighted by molar-refractivity contribution is 7.87. The summed E-state index contributed by atoms with van der Waals surface area (Å²) in [6.45, 7) is -0.161. The predicted octanol–water partition coefficient (Wildman–Crippen LogP) is -0.420. The van der Waals surface area contributed by atoms with Crippen molar-refractivity contribution in [3.05, 3.63) is 0 Å². The van der Waals surface area contributed by atoms with E-state index in [9.17, 15) is 26.4 Å². The average molecular weight is 289 g/mol. The molecule has 1 saturated heterocycles. The van der Waals surface area contributed by atoms with Gasteiger partial charge in [0.05, 0.1) is 0 Å². The monoisotopic (exact) mass is 289 g/mol. The van der Waals surface area contributed by atoms with E-state index in [4.69, 9.17) is 5.14 Å². The third-order valence-corrected chi connectivity index (χ3v) is 3.19. The van der Waals surface area contributed by atoms with Crippen molar-refractivity contribution in [3.8, 4) is 0 Å². The molecule has 1 atom stereocenters. The first-order valence-corrected chi connectivity index (χ1v) is 6.77. The van der Waals surface area contributed by atoms with Crippen LogP contribution in [0.15, 0.2) is 0 Å². The van der Waals surface area contributed by atoms with Crippen molar-refractivity contribution in [1.82, 2.24) is 9.62 Å². The fourth-order valence-electron chi connectivity index (χ4n) is 1.83. The molecule has 1 aliphatic rings. The molecule has 0 aromatic rings. The zero-order chi connectivity index (χ0) is 14.0. The number of piperidine rings is 1. The number of alkyl halides is 3. The number of carbonyl (C=O) groups excluding carboxylic acids is 1. The number of carbonyl (C=O) groups is 1. The van der Waals surface area contributed by atoms with Gasteiger partial charge >= 0.3 is 12.1 Å². The summed E-state index contributed by atoms with van der Waals surface area (Å²) in [4.78, 5) is 11.7. The molecule has 6 nitrogen and oxygen atoms in total. The van der Waals surface area contributed by atoms with Gasteiger partial charge in [-0.2, -0.15) is 21.6 Å². The molecule has 3 N–H and O–H groups in total. The second-order valence-electron chi connectivity index (χ2n) is 4.15. The molecule has 1 heterocycles. The summed E-state index contributed by atoms with van der Waals surface area (Å²) in [5.41, 5.74) is 0. The summed E-state index contributed by atoms with van der Waals surface area (Å²) >= 11 is 0. The minimum absolute atomic E-state index is 0.0320. The van der Waals surface area contributed by atoms with Crippen LogP contribution < -0.4 is 9.86 Å². The SMILES string of the molecule is NS(=O)(=O)NCC1CCCN(C(=O)C(F)(F)F)C1. The summed E-state index contributed by atoms with van der Waals surface area (Å²) in [7, 11) is -3.87. The van der Waals surface area contributed by atoms with Crippen LogP contribution in [0.1, 0.15) is 12.8 Å². The second kappa shape index (κ2) is 5.41. The zero-order valence-electron chi connectivity index (χ0n) is 9.40. The number of halogens is 3. The first-order chi connectivity index (χ1) is 8.09. The van der Waals surface area contributed by atoms with E-state index in [2.05, 4.69) is 0 Å². The third-order valence-electron chi connectivity index (χ3n) is 2.62. The molecular weight excluding hydrogens is 275 g/mol. The zero-order valence-corrected chi connectivity index (χ0v) is 10.2. The van der Waals surface area contributed by atoms with Crippen LogP contribution in [0.3, 0.4) is 0 Å². The Balaban J connectivity index is 2.54. The van der Waals surface area contributed by atoms with Gasteiger partial charge in [-0.05, 0) is 18.8 Å². The molecule has 1 fully saturated rings. The molecule has 0 saturated carbocycles. The minimum Gasteiger partial charge on any atom is -0.335 e. The summed E-state index contributed by atoms with van der Waals surface area (Å²) in [5, 5.41) is 4.72. The van der Waals surface area contributed by atoms with Crippen LogP contribution in [0, 0.1) is 5.92 Å². The quantitative estimate of drug-likeness (QED) is 0.739. The Morgan fingerprint density at radius 1 is 1.44 bits per heavy atom. The molecule has 0 bridgehead atoms. The first-order valence-electron chi connectivity index (χ1n) is 5.23. The van der Waals surface area contributed by atoms with Crippen LogP contribution in [0.25, 0.3) is 0 Å². The molecule has 1 rings (SSSR count). The molecule has 1 aliphatic heterocycles. The van der Waals surface area contributed by atoms with Gasteiger partial charge in [0, 0.05) is 19.6 Å². The Morgan fingerprint density at radius 2 is 2.06 bits per heavy atom. The highest BCUT2D eigenvalue weighted by atomic mass is 32.2. The molecule has 106 valence electrons. The summed E-state index contributed by atoms with van der Waals surface area (Å²) in [6.07, 6.45) is -3.95. The molecule has 1 unspecified atom stereocenters. The van der Waals surface area contributed by atoms with Crippen molar-refractivity contribution in [2.24, 2.45) is 11.1 Å². The van der Waals surface area contributed by atoms with Crippen LogP contribution in [-0.4, -0.2) is 45.0 Å². The second-order valence-corrected chi connectivity index (χ2v) is 5.53. The highest BCUT2D eigenvalue weighted by Crippen LogP contribution is 2.23. The summed E-state index contributed by atoms with van der Waals surface area (Å²) < 4.78 is 60.0. The summed E-state index contributed by atoms with van der Waals surface area (Å²) in [5.74, 6) is -2.24. The lowest BCUT2D eigenvalue weighted by molar-refractivity contribution is -0.187. The van der Waals surface area contributed by atoms with E-state index < -0.39 is 22.3 Å². The van der Waals surface area contributed by atoms with E-state index >= 15 is 0 Å². The maximum Gasteiger partial charge on any atom is 0.471 e. The van der Waals surface area contributed by atoms with Crippen molar-refractivity contribution in [1.29, 1.82) is 0 Å². The van der Waals surface area contributed by atoms with Crippen molar-refractivity contribution in [2.45, 2.75) is 19.0 Å². The largest absolute Gasteiger partial charge is 0.471 e. The lowest BCUT2D eigenvalue weighted by Gasteiger charge is -2.33. The van der Waals surface area contributed by atoms with E-state index in [1.807, 2.05) is 4.72 Å². The van der Waals surface area contributed by atoms with Gasteiger partial charge < -0.3 is 4.90 Å². The molecule has 18 heavy (non-hydrogen) atoms. The maximum atomic E-state index is 12.2. The van der Waals surface area contributed by atoms with Gasteiger partial charge in [-0.1, -0.05) is 0 Å². The van der Waals surface area contributed by atoms with Gasteiger partial charge in [-0.3, -0.25) is 4.79 Å². The average Bonchev–Trinajstić information content (AvgIpc) is 2.23. The Labute approximate surface area is 102 Å². The molecule has 0 aromatic heterocycles. The van der Waals surface area contributed by atoms with Gasteiger partial charge in [-0.25, -0.2) is 9.86 Å². The molecule has 1 amide bonds. The van der Waals surface area contributed by atoms with Crippen LogP contribution in [0.2, 0.25) is 0 Å². The first kappa shape index (κ1) is 15.2. The van der Waals surface area contributed by atoms with Crippen LogP contribution in [0.4, 0.5) is 13.2 Å². The van der Waals surface area contributed by atoms with E-state index in [0.29, 0.717) is 17.7 Å². The molecular formula is C8H14F3N3O3S. The number of hydrogen-bond donors (Lipinski definition) is 2. The van der Waals surface area contributed by atoms with E-state index in [1.165, 1.54) is 0 Å². The topological polar surface area (TPSA) is 92.5 Å². The van der Waals surface area contributed by atoms with E-state index in [-0.39, 0.29) is 25.6 Å². The van der Waals surface area contributed by atoms with E-state index in [1.54, 1.807) is 0 Å². The number of rotatable bonds is 3. The Morgan fingerprint density at radius 3 is 2.56 bits per heavy atom.